The maximum atomic E-state index is 12.6. The average Bonchev–Trinajstić information content (AvgIpc) is 2.49. The van der Waals surface area contributed by atoms with Crippen LogP contribution in [0.3, 0.4) is 0 Å². The molecule has 3 nitrogen and oxygen atoms in total. The van der Waals surface area contributed by atoms with Gasteiger partial charge in [-0.25, -0.2) is 0 Å². The number of ketones is 1. The summed E-state index contributed by atoms with van der Waals surface area (Å²) in [5, 5.41) is 2.83. The van der Waals surface area contributed by atoms with Crippen molar-refractivity contribution in [2.24, 2.45) is 0 Å². The van der Waals surface area contributed by atoms with E-state index in [2.05, 4.69) is 5.32 Å². The lowest BCUT2D eigenvalue weighted by Gasteiger charge is -2.17. The molecule has 0 fully saturated rings. The Morgan fingerprint density at radius 2 is 1.67 bits per heavy atom. The van der Waals surface area contributed by atoms with E-state index in [1.54, 1.807) is 6.07 Å². The van der Waals surface area contributed by atoms with Gasteiger partial charge in [0.1, 0.15) is 0 Å². The van der Waals surface area contributed by atoms with Gasteiger partial charge < -0.3 is 5.32 Å². The molecular weight excluding hydrogens is 262 g/mol. The summed E-state index contributed by atoms with van der Waals surface area (Å²) < 4.78 is 0. The Kier molecular flexibility index (Phi) is 3.34. The minimum atomic E-state index is 0.0257. The Morgan fingerprint density at radius 1 is 0.952 bits per heavy atom. The monoisotopic (exact) mass is 279 g/mol. The lowest BCUT2D eigenvalue weighted by atomic mass is 9.95. The number of aryl methyl sites for hydroxylation is 3. The van der Waals surface area contributed by atoms with Crippen LogP contribution in [0.25, 0.3) is 0 Å². The number of hydrogen-bond donors (Lipinski definition) is 1. The van der Waals surface area contributed by atoms with Crippen molar-refractivity contribution < 1.29 is 9.59 Å². The number of benzene rings is 2. The van der Waals surface area contributed by atoms with Crippen molar-refractivity contribution in [2.45, 2.75) is 26.7 Å². The van der Waals surface area contributed by atoms with Gasteiger partial charge in [-0.2, -0.15) is 0 Å². The molecule has 1 aliphatic rings. The molecule has 1 N–H and O–H groups in total. The maximum Gasteiger partial charge on any atom is 0.224 e. The summed E-state index contributed by atoms with van der Waals surface area (Å²) in [5.41, 5.74) is 5.53. The highest BCUT2D eigenvalue weighted by molar-refractivity contribution is 6.09. The van der Waals surface area contributed by atoms with E-state index in [-0.39, 0.29) is 11.7 Å². The zero-order valence-corrected chi connectivity index (χ0v) is 12.2. The van der Waals surface area contributed by atoms with Crippen LogP contribution in [0.2, 0.25) is 0 Å². The molecule has 0 saturated carbocycles. The molecule has 0 atom stereocenters. The van der Waals surface area contributed by atoms with Crippen molar-refractivity contribution in [2.75, 3.05) is 5.32 Å². The third kappa shape index (κ3) is 2.59. The molecule has 21 heavy (non-hydrogen) atoms. The average molecular weight is 279 g/mol. The molecule has 2 aromatic rings. The number of fused-ring (bicyclic) bond motifs is 1. The van der Waals surface area contributed by atoms with Crippen LogP contribution < -0.4 is 5.32 Å². The molecule has 1 heterocycles. The Bertz CT molecular complexity index is 747. The van der Waals surface area contributed by atoms with Crippen LogP contribution in [0.15, 0.2) is 36.4 Å². The molecule has 1 aliphatic heterocycles. The van der Waals surface area contributed by atoms with E-state index in [0.717, 1.165) is 16.8 Å². The number of nitrogens with one attached hydrogen (secondary N) is 1. The fourth-order valence-corrected chi connectivity index (χ4v) is 2.57. The third-order valence-corrected chi connectivity index (χ3v) is 4.03. The van der Waals surface area contributed by atoms with Gasteiger partial charge in [-0.3, -0.25) is 9.59 Å². The van der Waals surface area contributed by atoms with Crippen LogP contribution in [0, 0.1) is 13.8 Å². The predicted molar refractivity (Wildman–Crippen MR) is 82.7 cm³/mol. The van der Waals surface area contributed by atoms with Gasteiger partial charge in [-0.05, 0) is 61.2 Å². The van der Waals surface area contributed by atoms with Crippen LogP contribution >= 0.6 is 0 Å². The third-order valence-electron chi connectivity index (χ3n) is 4.03. The van der Waals surface area contributed by atoms with Gasteiger partial charge in [0.05, 0.1) is 0 Å². The molecule has 3 heteroatoms. The second kappa shape index (κ2) is 5.17. The molecule has 0 saturated heterocycles. The standard InChI is InChI=1S/C18H17NO2/c1-11-3-4-14(9-12(11)2)18(21)15-5-7-16-13(10-15)6-8-17(20)19-16/h3-5,7,9-10H,6,8H2,1-2H3,(H,19,20). The van der Waals surface area contributed by atoms with Gasteiger partial charge in [-0.15, -0.1) is 0 Å². The highest BCUT2D eigenvalue weighted by atomic mass is 16.1. The smallest absolute Gasteiger partial charge is 0.224 e. The molecule has 3 rings (SSSR count). The van der Waals surface area contributed by atoms with Crippen molar-refractivity contribution in [1.29, 1.82) is 0 Å². The van der Waals surface area contributed by atoms with Gasteiger partial charge in [0, 0.05) is 23.2 Å². The van der Waals surface area contributed by atoms with Crippen LogP contribution in [0.1, 0.15) is 39.0 Å². The highest BCUT2D eigenvalue weighted by Gasteiger charge is 2.17. The molecule has 2 aromatic carbocycles. The SMILES string of the molecule is Cc1ccc(C(=O)c2ccc3c(c2)CCC(=O)N3)cc1C. The minimum absolute atomic E-state index is 0.0257. The molecule has 106 valence electrons. The van der Waals surface area contributed by atoms with E-state index in [1.165, 1.54) is 5.56 Å². The van der Waals surface area contributed by atoms with Crippen LogP contribution in [0.5, 0.6) is 0 Å². The summed E-state index contributed by atoms with van der Waals surface area (Å²) in [6, 6.07) is 11.3. The van der Waals surface area contributed by atoms with E-state index in [9.17, 15) is 9.59 Å². The molecule has 0 aliphatic carbocycles. The Hall–Kier alpha value is -2.42. The number of hydrogen-bond acceptors (Lipinski definition) is 2. The molecule has 0 aromatic heterocycles. The lowest BCUT2D eigenvalue weighted by Crippen LogP contribution is -2.19. The van der Waals surface area contributed by atoms with Gasteiger partial charge >= 0.3 is 0 Å². The summed E-state index contributed by atoms with van der Waals surface area (Å²) in [7, 11) is 0. The number of rotatable bonds is 2. The Labute approximate surface area is 124 Å². The summed E-state index contributed by atoms with van der Waals surface area (Å²) >= 11 is 0. The van der Waals surface area contributed by atoms with E-state index >= 15 is 0 Å². The first-order valence-electron chi connectivity index (χ1n) is 7.09. The zero-order valence-electron chi connectivity index (χ0n) is 12.2. The van der Waals surface area contributed by atoms with Gasteiger partial charge in [0.25, 0.3) is 0 Å². The highest BCUT2D eigenvalue weighted by Crippen LogP contribution is 2.25. The largest absolute Gasteiger partial charge is 0.326 e. The molecule has 0 unspecified atom stereocenters. The van der Waals surface area contributed by atoms with Crippen LogP contribution in [0.4, 0.5) is 5.69 Å². The van der Waals surface area contributed by atoms with Crippen LogP contribution in [-0.4, -0.2) is 11.7 Å². The van der Waals surface area contributed by atoms with E-state index in [1.807, 2.05) is 44.2 Å². The summed E-state index contributed by atoms with van der Waals surface area (Å²) in [4.78, 5) is 23.9. The topological polar surface area (TPSA) is 46.2 Å². The number of carbonyl (C=O) groups excluding carboxylic acids is 2. The predicted octanol–water partition coefficient (Wildman–Crippen LogP) is 3.42. The first-order valence-corrected chi connectivity index (χ1v) is 7.09. The normalized spacial score (nSPS) is 13.5. The van der Waals surface area contributed by atoms with E-state index in [0.29, 0.717) is 24.0 Å². The van der Waals surface area contributed by atoms with Gasteiger partial charge in [-0.1, -0.05) is 12.1 Å². The first kappa shape index (κ1) is 13.6. The Morgan fingerprint density at radius 3 is 2.43 bits per heavy atom. The molecular formula is C18H17NO2. The van der Waals surface area contributed by atoms with Gasteiger partial charge in [0.15, 0.2) is 5.78 Å². The quantitative estimate of drug-likeness (QED) is 0.856. The molecule has 1 amide bonds. The molecule has 0 spiro atoms. The second-order valence-electron chi connectivity index (χ2n) is 5.55. The van der Waals surface area contributed by atoms with Crippen molar-refractivity contribution >= 4 is 17.4 Å². The lowest BCUT2D eigenvalue weighted by molar-refractivity contribution is -0.116. The Balaban J connectivity index is 1.95. The summed E-state index contributed by atoms with van der Waals surface area (Å²) in [6.45, 7) is 4.04. The van der Waals surface area contributed by atoms with Crippen molar-refractivity contribution in [3.63, 3.8) is 0 Å². The zero-order chi connectivity index (χ0) is 15.0. The fourth-order valence-electron chi connectivity index (χ4n) is 2.57. The van der Waals surface area contributed by atoms with E-state index in [4.69, 9.17) is 0 Å². The van der Waals surface area contributed by atoms with Gasteiger partial charge in [0.2, 0.25) is 5.91 Å². The summed E-state index contributed by atoms with van der Waals surface area (Å²) in [6.07, 6.45) is 1.17. The van der Waals surface area contributed by atoms with Crippen LogP contribution in [-0.2, 0) is 11.2 Å². The van der Waals surface area contributed by atoms with Crippen molar-refractivity contribution in [3.05, 3.63) is 64.2 Å². The first-order chi connectivity index (χ1) is 10.0. The van der Waals surface area contributed by atoms with Crippen molar-refractivity contribution in [1.82, 2.24) is 0 Å². The number of amides is 1. The second-order valence-corrected chi connectivity index (χ2v) is 5.55. The summed E-state index contributed by atoms with van der Waals surface area (Å²) in [5.74, 6) is 0.0635. The molecule has 0 radical (unpaired) electrons. The minimum Gasteiger partial charge on any atom is -0.326 e. The maximum absolute atomic E-state index is 12.6. The number of carbonyl (C=O) groups is 2. The van der Waals surface area contributed by atoms with E-state index < -0.39 is 0 Å². The fraction of sp³-hybridized carbons (Fsp3) is 0.222. The molecule has 0 bridgehead atoms. The number of anilines is 1. The van der Waals surface area contributed by atoms with Crippen molar-refractivity contribution in [3.8, 4) is 0 Å².